The lowest BCUT2D eigenvalue weighted by Crippen LogP contribution is -2.15. The normalized spacial score (nSPS) is 14.7. The minimum atomic E-state index is -0.566. The molecule has 2 aromatic rings. The molecule has 128 valence electrons. The van der Waals surface area contributed by atoms with Crippen molar-refractivity contribution in [2.75, 3.05) is 7.11 Å². The third kappa shape index (κ3) is 3.35. The van der Waals surface area contributed by atoms with E-state index in [0.717, 1.165) is 0 Å². The van der Waals surface area contributed by atoms with E-state index in [4.69, 9.17) is 9.57 Å². The molecule has 3 rings (SSSR count). The number of benzene rings is 2. The Kier molecular flexibility index (Phi) is 4.74. The van der Waals surface area contributed by atoms with Gasteiger partial charge < -0.3 is 9.57 Å². The first kappa shape index (κ1) is 16.6. The number of ether oxygens (including phenoxy) is 1. The molecule has 0 aromatic heterocycles. The number of hydrogen-bond donors (Lipinski definition) is 0. The number of fused-ring (bicyclic) bond motifs is 1. The summed E-state index contributed by atoms with van der Waals surface area (Å²) in [7, 11) is 1.40. The maximum atomic E-state index is 12.0. The second-order valence-electron chi connectivity index (χ2n) is 5.54. The van der Waals surface area contributed by atoms with Gasteiger partial charge in [0.15, 0.2) is 5.75 Å². The topological polar surface area (TPSA) is 91.0 Å². The van der Waals surface area contributed by atoms with Crippen LogP contribution in [0.5, 0.6) is 5.75 Å². The molecule has 2 aromatic carbocycles. The van der Waals surface area contributed by atoms with Gasteiger partial charge in [0, 0.05) is 11.1 Å². The lowest BCUT2D eigenvalue weighted by molar-refractivity contribution is -0.386. The van der Waals surface area contributed by atoms with Crippen molar-refractivity contribution < 1.29 is 19.3 Å². The fourth-order valence-corrected chi connectivity index (χ4v) is 2.89. The van der Waals surface area contributed by atoms with E-state index in [-0.39, 0.29) is 11.4 Å². The first-order chi connectivity index (χ1) is 12.1. The van der Waals surface area contributed by atoms with E-state index in [1.807, 2.05) is 0 Å². The lowest BCUT2D eigenvalue weighted by Gasteiger charge is -2.18. The Morgan fingerprint density at radius 2 is 1.92 bits per heavy atom. The van der Waals surface area contributed by atoms with Gasteiger partial charge in [-0.1, -0.05) is 23.4 Å². The monoisotopic (exact) mass is 340 g/mol. The van der Waals surface area contributed by atoms with E-state index in [9.17, 15) is 14.9 Å². The summed E-state index contributed by atoms with van der Waals surface area (Å²) in [6.07, 6.45) is 1.82. The molecule has 0 atom stereocenters. The molecule has 7 nitrogen and oxygen atoms in total. The summed E-state index contributed by atoms with van der Waals surface area (Å²) in [4.78, 5) is 28.0. The van der Waals surface area contributed by atoms with Crippen molar-refractivity contribution >= 4 is 17.4 Å². The van der Waals surface area contributed by atoms with Crippen LogP contribution < -0.4 is 4.74 Å². The number of carbonyl (C=O) groups excluding carboxylic acids is 1. The predicted molar refractivity (Wildman–Crippen MR) is 91.0 cm³/mol. The third-order valence-corrected chi connectivity index (χ3v) is 4.05. The average molecular weight is 340 g/mol. The van der Waals surface area contributed by atoms with Crippen molar-refractivity contribution in [3.8, 4) is 5.75 Å². The Balaban J connectivity index is 1.93. The molecule has 0 saturated heterocycles. The summed E-state index contributed by atoms with van der Waals surface area (Å²) in [6, 6.07) is 11.8. The van der Waals surface area contributed by atoms with Crippen LogP contribution in [0.15, 0.2) is 47.6 Å². The molecule has 7 heteroatoms. The van der Waals surface area contributed by atoms with E-state index < -0.39 is 10.9 Å². The molecule has 1 aliphatic carbocycles. The molecule has 1 aliphatic rings. The van der Waals surface area contributed by atoms with Crippen molar-refractivity contribution in [2.24, 2.45) is 5.16 Å². The van der Waals surface area contributed by atoms with Crippen LogP contribution in [0.1, 0.15) is 34.3 Å². The summed E-state index contributed by atoms with van der Waals surface area (Å²) in [5.41, 5.74) is 2.05. The molecule has 25 heavy (non-hydrogen) atoms. The zero-order valence-corrected chi connectivity index (χ0v) is 13.6. The quantitative estimate of drug-likeness (QED) is 0.482. The molecule has 0 N–H and O–H groups in total. The number of oxime groups is 1. The van der Waals surface area contributed by atoms with Crippen molar-refractivity contribution in [3.63, 3.8) is 0 Å². The number of nitrogens with zero attached hydrogens (tertiary/aromatic N) is 2. The molecule has 0 unspecified atom stereocenters. The molecular weight excluding hydrogens is 324 g/mol. The van der Waals surface area contributed by atoms with E-state index >= 15 is 0 Å². The van der Waals surface area contributed by atoms with E-state index in [2.05, 4.69) is 5.16 Å². The van der Waals surface area contributed by atoms with Gasteiger partial charge in [0.05, 0.1) is 23.3 Å². The van der Waals surface area contributed by atoms with Gasteiger partial charge in [0.2, 0.25) is 0 Å². The van der Waals surface area contributed by atoms with Crippen molar-refractivity contribution in [2.45, 2.75) is 19.3 Å². The summed E-state index contributed by atoms with van der Waals surface area (Å²) in [6.45, 7) is 0. The minimum Gasteiger partial charge on any atom is -0.490 e. The molecule has 0 radical (unpaired) electrons. The second kappa shape index (κ2) is 7.12. The molecule has 0 amide bonds. The average Bonchev–Trinajstić information content (AvgIpc) is 2.65. The van der Waals surface area contributed by atoms with Crippen molar-refractivity contribution in [3.05, 3.63) is 69.3 Å². The molecule has 0 fully saturated rings. The van der Waals surface area contributed by atoms with Gasteiger partial charge in [0.1, 0.15) is 0 Å². The highest BCUT2D eigenvalue weighted by Crippen LogP contribution is 2.37. The molecule has 0 saturated carbocycles. The Bertz CT molecular complexity index is 846. The molecule has 0 bridgehead atoms. The van der Waals surface area contributed by atoms with Gasteiger partial charge in [0.25, 0.3) is 0 Å². The van der Waals surface area contributed by atoms with E-state index in [0.29, 0.717) is 41.7 Å². The van der Waals surface area contributed by atoms with Gasteiger partial charge >= 0.3 is 11.7 Å². The minimum absolute atomic E-state index is 0.0539. The van der Waals surface area contributed by atoms with Crippen LogP contribution >= 0.6 is 0 Å². The van der Waals surface area contributed by atoms with Gasteiger partial charge in [-0.3, -0.25) is 10.1 Å². The van der Waals surface area contributed by atoms with Crippen LogP contribution in [0.2, 0.25) is 0 Å². The maximum Gasteiger partial charge on any atom is 0.365 e. The molecular formula is C18H16N2O5. The zero-order chi connectivity index (χ0) is 17.8. The van der Waals surface area contributed by atoms with E-state index in [1.165, 1.54) is 13.2 Å². The second-order valence-corrected chi connectivity index (χ2v) is 5.54. The van der Waals surface area contributed by atoms with Crippen LogP contribution in [-0.4, -0.2) is 23.7 Å². The predicted octanol–water partition coefficient (Wildman–Crippen LogP) is 3.50. The Labute approximate surface area is 144 Å². The third-order valence-electron chi connectivity index (χ3n) is 4.05. The van der Waals surface area contributed by atoms with Crippen LogP contribution in [0, 0.1) is 10.1 Å². The number of hydrogen-bond acceptors (Lipinski definition) is 6. The number of methoxy groups -OCH3 is 1. The first-order valence-corrected chi connectivity index (χ1v) is 7.79. The number of rotatable bonds is 4. The first-order valence-electron chi connectivity index (χ1n) is 7.79. The Hall–Kier alpha value is -3.22. The number of nitro groups is 1. The Morgan fingerprint density at radius 3 is 2.60 bits per heavy atom. The highest BCUT2D eigenvalue weighted by atomic mass is 16.7. The number of nitro benzene ring substituents is 1. The van der Waals surface area contributed by atoms with Gasteiger partial charge in [-0.15, -0.1) is 0 Å². The van der Waals surface area contributed by atoms with Crippen molar-refractivity contribution in [1.29, 1.82) is 0 Å². The summed E-state index contributed by atoms with van der Waals surface area (Å²) in [5.74, 6) is -0.352. The van der Waals surface area contributed by atoms with Gasteiger partial charge in [-0.25, -0.2) is 4.79 Å². The van der Waals surface area contributed by atoms with Crippen LogP contribution in [0.3, 0.4) is 0 Å². The van der Waals surface area contributed by atoms with E-state index in [1.54, 1.807) is 36.4 Å². The SMILES string of the molecule is COc1ccc2c(c1[N+](=O)[O-])CCC/C2=N\OC(=O)c1ccccc1. The highest BCUT2D eigenvalue weighted by molar-refractivity contribution is 6.04. The highest BCUT2D eigenvalue weighted by Gasteiger charge is 2.28. The van der Waals surface area contributed by atoms with Crippen molar-refractivity contribution in [1.82, 2.24) is 0 Å². The molecule has 0 aliphatic heterocycles. The molecule has 0 heterocycles. The van der Waals surface area contributed by atoms with Crippen LogP contribution in [-0.2, 0) is 11.3 Å². The fourth-order valence-electron chi connectivity index (χ4n) is 2.89. The van der Waals surface area contributed by atoms with Gasteiger partial charge in [-0.2, -0.15) is 0 Å². The van der Waals surface area contributed by atoms with Crippen LogP contribution in [0.25, 0.3) is 0 Å². The maximum absolute atomic E-state index is 12.0. The van der Waals surface area contributed by atoms with Gasteiger partial charge in [-0.05, 0) is 43.5 Å². The standard InChI is InChI=1S/C18H16N2O5/c1-24-16-11-10-13-14(17(16)20(22)23)8-5-9-15(13)19-25-18(21)12-6-3-2-4-7-12/h2-4,6-7,10-11H,5,8-9H2,1H3/b19-15+. The number of carbonyl (C=O) groups is 1. The fraction of sp³-hybridized carbons (Fsp3) is 0.222. The zero-order valence-electron chi connectivity index (χ0n) is 13.6. The van der Waals surface area contributed by atoms with Crippen LogP contribution in [0.4, 0.5) is 5.69 Å². The summed E-state index contributed by atoms with van der Waals surface area (Å²) in [5, 5.41) is 15.4. The lowest BCUT2D eigenvalue weighted by atomic mass is 9.88. The smallest absolute Gasteiger partial charge is 0.365 e. The summed E-state index contributed by atoms with van der Waals surface area (Å²) >= 11 is 0. The molecule has 0 spiro atoms. The Morgan fingerprint density at radius 1 is 1.16 bits per heavy atom. The largest absolute Gasteiger partial charge is 0.490 e. The summed E-state index contributed by atoms with van der Waals surface area (Å²) < 4.78 is 5.10.